The Morgan fingerprint density at radius 3 is 2.83 bits per heavy atom. The lowest BCUT2D eigenvalue weighted by Crippen LogP contribution is -2.33. The number of anilines is 1. The summed E-state index contributed by atoms with van der Waals surface area (Å²) in [7, 11) is 0. The number of rotatable bonds is 3. The van der Waals surface area contributed by atoms with Crippen LogP contribution in [0.3, 0.4) is 0 Å². The maximum Gasteiger partial charge on any atom is 0.165 e. The molecule has 0 amide bonds. The van der Waals surface area contributed by atoms with Gasteiger partial charge in [-0.05, 0) is 30.9 Å². The van der Waals surface area contributed by atoms with Gasteiger partial charge < -0.3 is 25.4 Å². The van der Waals surface area contributed by atoms with E-state index in [4.69, 9.17) is 4.74 Å². The second-order valence-electron chi connectivity index (χ2n) is 7.56. The molecule has 29 heavy (non-hydrogen) atoms. The number of para-hydroxylation sites is 1. The van der Waals surface area contributed by atoms with Gasteiger partial charge in [0.1, 0.15) is 30.2 Å². The third kappa shape index (κ3) is 3.06. The minimum Gasteiger partial charge on any atom is -0.394 e. The predicted octanol–water partition coefficient (Wildman–Crippen LogP) is 0.927. The van der Waals surface area contributed by atoms with Crippen molar-refractivity contribution in [1.29, 1.82) is 0 Å². The number of ether oxygens (including phenoxy) is 1. The van der Waals surface area contributed by atoms with Crippen molar-refractivity contribution in [1.82, 2.24) is 19.5 Å². The van der Waals surface area contributed by atoms with E-state index in [1.165, 1.54) is 18.2 Å². The number of nitrogens with one attached hydrogen (secondary N) is 1. The second kappa shape index (κ2) is 7.34. The summed E-state index contributed by atoms with van der Waals surface area (Å²) in [5.74, 6) is 0. The van der Waals surface area contributed by atoms with Gasteiger partial charge in [-0.3, -0.25) is 4.57 Å². The summed E-state index contributed by atoms with van der Waals surface area (Å²) in [6.07, 6.45) is 1.85. The highest BCUT2D eigenvalue weighted by Gasteiger charge is 2.44. The van der Waals surface area contributed by atoms with Gasteiger partial charge in [0, 0.05) is 5.69 Å². The lowest BCUT2D eigenvalue weighted by molar-refractivity contribution is -0.0511. The largest absolute Gasteiger partial charge is 0.394 e. The molecular weight excluding hydrogens is 374 g/mol. The molecule has 152 valence electrons. The van der Waals surface area contributed by atoms with Crippen molar-refractivity contribution >= 4 is 16.9 Å². The van der Waals surface area contributed by atoms with Crippen LogP contribution < -0.4 is 5.32 Å². The van der Waals surface area contributed by atoms with Gasteiger partial charge in [-0.25, -0.2) is 15.0 Å². The van der Waals surface area contributed by atoms with Crippen LogP contribution in [-0.2, 0) is 11.2 Å². The molecule has 9 heteroatoms. The molecule has 5 rings (SSSR count). The highest BCUT2D eigenvalue weighted by Crippen LogP contribution is 2.35. The topological polar surface area (TPSA) is 126 Å². The number of hydrogen-bond acceptors (Lipinski definition) is 8. The van der Waals surface area contributed by atoms with E-state index < -0.39 is 24.5 Å². The third-order valence-corrected chi connectivity index (χ3v) is 5.79. The van der Waals surface area contributed by atoms with Gasteiger partial charge in [-0.1, -0.05) is 18.2 Å². The zero-order valence-electron chi connectivity index (χ0n) is 15.7. The fraction of sp³-hybridized carbons (Fsp3) is 0.450. The number of aromatic nitrogens is 4. The zero-order valence-corrected chi connectivity index (χ0v) is 15.7. The van der Waals surface area contributed by atoms with Crippen LogP contribution in [0, 0.1) is 0 Å². The summed E-state index contributed by atoms with van der Waals surface area (Å²) in [4.78, 5) is 13.4. The number of imidazole rings is 1. The third-order valence-electron chi connectivity index (χ3n) is 5.79. The minimum absolute atomic E-state index is 0.0160. The standard InChI is InChI=1S/C20H23N5O4/c26-8-14-17(27)18(28)20(29-14)25-10-23-16-15(21-9-22-19(16)25)13-7-3-5-11-4-1-2-6-12(11)24-13/h1-2,4,6,9-10,13-14,17-18,20,24,26-28H,3,5,7-8H2/t13?,14-,17-,18-,20?/m1/s1. The average Bonchev–Trinajstić information content (AvgIpc) is 3.20. The Balaban J connectivity index is 1.51. The first-order valence-corrected chi connectivity index (χ1v) is 9.81. The van der Waals surface area contributed by atoms with Gasteiger partial charge in [0.05, 0.1) is 24.7 Å². The van der Waals surface area contributed by atoms with E-state index in [0.29, 0.717) is 11.2 Å². The number of fused-ring (bicyclic) bond motifs is 2. The second-order valence-corrected chi connectivity index (χ2v) is 7.56. The number of aryl methyl sites for hydroxylation is 1. The van der Waals surface area contributed by atoms with E-state index in [0.717, 1.165) is 30.6 Å². The van der Waals surface area contributed by atoms with Crippen LogP contribution in [0.25, 0.3) is 11.2 Å². The van der Waals surface area contributed by atoms with Crippen LogP contribution in [0.5, 0.6) is 0 Å². The van der Waals surface area contributed by atoms with Crippen LogP contribution >= 0.6 is 0 Å². The summed E-state index contributed by atoms with van der Waals surface area (Å²) in [6.45, 7) is -0.382. The Labute approximate surface area is 167 Å². The number of nitrogens with zero attached hydrogens (tertiary/aromatic N) is 4. The summed E-state index contributed by atoms with van der Waals surface area (Å²) in [5, 5.41) is 33.4. The lowest BCUT2D eigenvalue weighted by atomic mass is 10.1. The Morgan fingerprint density at radius 2 is 2.00 bits per heavy atom. The number of benzene rings is 1. The molecule has 4 N–H and O–H groups in total. The van der Waals surface area contributed by atoms with E-state index in [-0.39, 0.29) is 12.6 Å². The van der Waals surface area contributed by atoms with E-state index >= 15 is 0 Å². The molecule has 0 spiro atoms. The number of hydrogen-bond donors (Lipinski definition) is 4. The quantitative estimate of drug-likeness (QED) is 0.514. The van der Waals surface area contributed by atoms with Crippen molar-refractivity contribution in [3.63, 3.8) is 0 Å². The van der Waals surface area contributed by atoms with Gasteiger partial charge in [0.25, 0.3) is 0 Å². The molecule has 0 bridgehead atoms. The minimum atomic E-state index is -1.19. The summed E-state index contributed by atoms with van der Waals surface area (Å²) in [5.41, 5.74) is 4.32. The SMILES string of the molecule is OC[C@H]1OC(n2cnc3c(C4CCCc5ccccc5N4)ncnc32)[C@H](O)[C@@H]1O. The molecule has 5 atom stereocenters. The van der Waals surface area contributed by atoms with E-state index in [9.17, 15) is 15.3 Å². The van der Waals surface area contributed by atoms with Crippen molar-refractivity contribution in [2.45, 2.75) is 49.8 Å². The van der Waals surface area contributed by atoms with Crippen LogP contribution in [0.15, 0.2) is 36.9 Å². The van der Waals surface area contributed by atoms with Crippen LogP contribution in [0.2, 0.25) is 0 Å². The smallest absolute Gasteiger partial charge is 0.165 e. The maximum absolute atomic E-state index is 10.4. The van der Waals surface area contributed by atoms with Crippen LogP contribution in [0.1, 0.15) is 36.4 Å². The molecule has 0 saturated carbocycles. The molecule has 2 unspecified atom stereocenters. The molecule has 2 aliphatic heterocycles. The molecule has 1 saturated heterocycles. The van der Waals surface area contributed by atoms with Crippen LogP contribution in [-0.4, -0.2) is 59.8 Å². The van der Waals surface area contributed by atoms with Crippen molar-refractivity contribution in [3.8, 4) is 0 Å². The lowest BCUT2D eigenvalue weighted by Gasteiger charge is -2.19. The first-order chi connectivity index (χ1) is 14.2. The molecule has 3 aromatic rings. The average molecular weight is 397 g/mol. The summed E-state index contributed by atoms with van der Waals surface area (Å²) < 4.78 is 7.23. The monoisotopic (exact) mass is 397 g/mol. The number of aliphatic hydroxyl groups is 3. The van der Waals surface area contributed by atoms with E-state index in [2.05, 4.69) is 32.4 Å². The van der Waals surface area contributed by atoms with E-state index in [1.54, 1.807) is 4.57 Å². The Morgan fingerprint density at radius 1 is 1.14 bits per heavy atom. The zero-order chi connectivity index (χ0) is 20.0. The molecule has 0 aliphatic carbocycles. The molecule has 1 aromatic carbocycles. The first kappa shape index (κ1) is 18.4. The van der Waals surface area contributed by atoms with Crippen molar-refractivity contribution < 1.29 is 20.1 Å². The maximum atomic E-state index is 10.4. The Bertz CT molecular complexity index is 1030. The normalized spacial score (nSPS) is 29.4. The molecule has 2 aliphatic rings. The van der Waals surface area contributed by atoms with Crippen LogP contribution in [0.4, 0.5) is 5.69 Å². The van der Waals surface area contributed by atoms with Gasteiger partial charge in [-0.15, -0.1) is 0 Å². The molecule has 0 radical (unpaired) electrons. The fourth-order valence-corrected chi connectivity index (χ4v) is 4.26. The van der Waals surface area contributed by atoms with Gasteiger partial charge >= 0.3 is 0 Å². The first-order valence-electron chi connectivity index (χ1n) is 9.81. The van der Waals surface area contributed by atoms with Crippen molar-refractivity contribution in [3.05, 3.63) is 48.2 Å². The highest BCUT2D eigenvalue weighted by atomic mass is 16.6. The van der Waals surface area contributed by atoms with Gasteiger partial charge in [-0.2, -0.15) is 0 Å². The van der Waals surface area contributed by atoms with Crippen molar-refractivity contribution in [2.24, 2.45) is 0 Å². The molecule has 9 nitrogen and oxygen atoms in total. The Hall–Kier alpha value is -2.59. The highest BCUT2D eigenvalue weighted by molar-refractivity contribution is 5.74. The predicted molar refractivity (Wildman–Crippen MR) is 104 cm³/mol. The summed E-state index contributed by atoms with van der Waals surface area (Å²) in [6, 6.07) is 8.25. The molecule has 1 fully saturated rings. The Kier molecular flexibility index (Phi) is 4.67. The molecular formula is C20H23N5O4. The molecule has 2 aromatic heterocycles. The molecule has 4 heterocycles. The fourth-order valence-electron chi connectivity index (χ4n) is 4.26. The summed E-state index contributed by atoms with van der Waals surface area (Å²) >= 11 is 0. The van der Waals surface area contributed by atoms with Gasteiger partial charge in [0.2, 0.25) is 0 Å². The van der Waals surface area contributed by atoms with E-state index in [1.807, 2.05) is 12.1 Å². The van der Waals surface area contributed by atoms with Crippen molar-refractivity contribution in [2.75, 3.05) is 11.9 Å². The van der Waals surface area contributed by atoms with Gasteiger partial charge in [0.15, 0.2) is 11.9 Å². The number of aliphatic hydroxyl groups excluding tert-OH is 3.